The number of halogens is 1. The van der Waals surface area contributed by atoms with Crippen molar-refractivity contribution in [3.05, 3.63) is 18.0 Å². The first-order valence-electron chi connectivity index (χ1n) is 6.67. The summed E-state index contributed by atoms with van der Waals surface area (Å²) >= 11 is 0. The fourth-order valence-corrected chi connectivity index (χ4v) is 2.65. The van der Waals surface area contributed by atoms with Gasteiger partial charge in [-0.1, -0.05) is 0 Å². The van der Waals surface area contributed by atoms with Crippen molar-refractivity contribution in [1.29, 1.82) is 0 Å². The zero-order valence-electron chi connectivity index (χ0n) is 12.6. The van der Waals surface area contributed by atoms with Crippen LogP contribution in [0, 0.1) is 0 Å². The Morgan fingerprint density at radius 2 is 2.05 bits per heavy atom. The quantitative estimate of drug-likeness (QED) is 0.772. The highest BCUT2D eigenvalue weighted by Gasteiger charge is 2.22. The lowest BCUT2D eigenvalue weighted by Crippen LogP contribution is -2.41. The Morgan fingerprint density at radius 3 is 2.52 bits per heavy atom. The van der Waals surface area contributed by atoms with Gasteiger partial charge in [0.2, 0.25) is 0 Å². The third-order valence-corrected chi connectivity index (χ3v) is 4.26. The number of carbonyl (C=O) groups is 1. The van der Waals surface area contributed by atoms with Crippen LogP contribution in [0.15, 0.2) is 17.2 Å². The molecular formula is C13H21ClN2O4S. The first-order chi connectivity index (χ1) is 9.60. The highest BCUT2D eigenvalue weighted by molar-refractivity contribution is 8.13. The standard InChI is InChI=1S/C13H21ClN2O4S/c1-5-16-8-10(21(14,18)19)7-11(16)12(17)15-9-13(3,4)20-6-2/h7-8H,5-6,9H2,1-4H3,(H,15,17). The Kier molecular flexibility index (Phi) is 5.83. The van der Waals surface area contributed by atoms with Crippen molar-refractivity contribution in [3.8, 4) is 0 Å². The van der Waals surface area contributed by atoms with E-state index in [1.54, 1.807) is 0 Å². The van der Waals surface area contributed by atoms with Crippen molar-refractivity contribution >= 4 is 25.6 Å². The van der Waals surface area contributed by atoms with E-state index in [1.807, 2.05) is 27.7 Å². The lowest BCUT2D eigenvalue weighted by molar-refractivity contribution is -0.00821. The Labute approximate surface area is 129 Å². The van der Waals surface area contributed by atoms with Crippen molar-refractivity contribution in [2.24, 2.45) is 0 Å². The molecule has 120 valence electrons. The highest BCUT2D eigenvalue weighted by atomic mass is 35.7. The summed E-state index contributed by atoms with van der Waals surface area (Å²) in [5.74, 6) is -0.365. The van der Waals surface area contributed by atoms with E-state index in [4.69, 9.17) is 15.4 Å². The van der Waals surface area contributed by atoms with Gasteiger partial charge in [0.05, 0.1) is 5.60 Å². The van der Waals surface area contributed by atoms with Crippen LogP contribution in [-0.4, -0.2) is 37.6 Å². The summed E-state index contributed by atoms with van der Waals surface area (Å²) in [7, 11) is 1.45. The van der Waals surface area contributed by atoms with Gasteiger partial charge in [0, 0.05) is 36.6 Å². The molecule has 0 aliphatic heterocycles. The van der Waals surface area contributed by atoms with Crippen LogP contribution in [0.25, 0.3) is 0 Å². The van der Waals surface area contributed by atoms with Gasteiger partial charge in [0.25, 0.3) is 15.0 Å². The minimum atomic E-state index is -3.85. The second kappa shape index (κ2) is 6.81. The summed E-state index contributed by atoms with van der Waals surface area (Å²) in [6.45, 7) is 8.74. The minimum absolute atomic E-state index is 0.0831. The minimum Gasteiger partial charge on any atom is -0.374 e. The highest BCUT2D eigenvalue weighted by Crippen LogP contribution is 2.19. The van der Waals surface area contributed by atoms with Crippen molar-refractivity contribution < 1.29 is 17.9 Å². The first kappa shape index (κ1) is 18.0. The van der Waals surface area contributed by atoms with Gasteiger partial charge in [-0.3, -0.25) is 4.79 Å². The first-order valence-corrected chi connectivity index (χ1v) is 8.98. The second-order valence-corrected chi connectivity index (χ2v) is 7.73. The Bertz CT molecular complexity index is 608. The third-order valence-electron chi connectivity index (χ3n) is 2.94. The summed E-state index contributed by atoms with van der Waals surface area (Å²) in [6, 6.07) is 1.27. The Morgan fingerprint density at radius 1 is 1.43 bits per heavy atom. The van der Waals surface area contributed by atoms with Gasteiger partial charge in [-0.05, 0) is 33.8 Å². The molecule has 0 radical (unpaired) electrons. The molecule has 1 rings (SSSR count). The van der Waals surface area contributed by atoms with Gasteiger partial charge in [0.1, 0.15) is 10.6 Å². The van der Waals surface area contributed by atoms with Gasteiger partial charge in [0.15, 0.2) is 0 Å². The van der Waals surface area contributed by atoms with E-state index < -0.39 is 14.7 Å². The van der Waals surface area contributed by atoms with Gasteiger partial charge in [-0.15, -0.1) is 0 Å². The molecule has 0 aromatic carbocycles. The van der Waals surface area contributed by atoms with E-state index in [0.717, 1.165) is 0 Å². The number of carbonyl (C=O) groups excluding carboxylic acids is 1. The van der Waals surface area contributed by atoms with Crippen molar-refractivity contribution in [2.45, 2.75) is 44.7 Å². The summed E-state index contributed by atoms with van der Waals surface area (Å²) in [6.07, 6.45) is 1.35. The van der Waals surface area contributed by atoms with Crippen LogP contribution in [0.1, 0.15) is 38.2 Å². The number of hydrogen-bond acceptors (Lipinski definition) is 4. The fraction of sp³-hybridized carbons (Fsp3) is 0.615. The zero-order chi connectivity index (χ0) is 16.3. The molecule has 1 aromatic heterocycles. The maximum atomic E-state index is 12.2. The molecule has 0 bridgehead atoms. The Balaban J connectivity index is 2.90. The van der Waals surface area contributed by atoms with E-state index in [-0.39, 0.29) is 16.5 Å². The number of nitrogens with one attached hydrogen (secondary N) is 1. The molecule has 8 heteroatoms. The molecule has 0 saturated heterocycles. The number of amides is 1. The number of ether oxygens (including phenoxy) is 1. The number of nitrogens with zero attached hydrogens (tertiary/aromatic N) is 1. The van der Waals surface area contributed by atoms with Gasteiger partial charge in [-0.2, -0.15) is 0 Å². The van der Waals surface area contributed by atoms with E-state index in [1.165, 1.54) is 16.8 Å². The molecule has 0 saturated carbocycles. The largest absolute Gasteiger partial charge is 0.374 e. The van der Waals surface area contributed by atoms with E-state index >= 15 is 0 Å². The van der Waals surface area contributed by atoms with Crippen LogP contribution in [0.2, 0.25) is 0 Å². The molecule has 0 fully saturated rings. The van der Waals surface area contributed by atoms with Crippen LogP contribution in [-0.2, 0) is 20.3 Å². The summed E-state index contributed by atoms with van der Waals surface area (Å²) < 4.78 is 29.7. The molecule has 21 heavy (non-hydrogen) atoms. The van der Waals surface area contributed by atoms with E-state index in [9.17, 15) is 13.2 Å². The van der Waals surface area contributed by atoms with Crippen LogP contribution in [0.5, 0.6) is 0 Å². The molecule has 0 unspecified atom stereocenters. The van der Waals surface area contributed by atoms with Crippen molar-refractivity contribution in [3.63, 3.8) is 0 Å². The molecule has 0 aliphatic rings. The monoisotopic (exact) mass is 336 g/mol. The topological polar surface area (TPSA) is 77.4 Å². The lowest BCUT2D eigenvalue weighted by atomic mass is 10.1. The third kappa shape index (κ3) is 5.01. The molecule has 1 N–H and O–H groups in total. The smallest absolute Gasteiger partial charge is 0.268 e. The van der Waals surface area contributed by atoms with Crippen LogP contribution in [0.3, 0.4) is 0 Å². The zero-order valence-corrected chi connectivity index (χ0v) is 14.2. The van der Waals surface area contributed by atoms with Crippen LogP contribution in [0.4, 0.5) is 0 Å². The summed E-state index contributed by atoms with van der Waals surface area (Å²) in [5, 5.41) is 2.74. The van der Waals surface area contributed by atoms with Gasteiger partial charge < -0.3 is 14.6 Å². The van der Waals surface area contributed by atoms with Gasteiger partial charge in [-0.25, -0.2) is 8.42 Å². The maximum Gasteiger partial charge on any atom is 0.268 e. The maximum absolute atomic E-state index is 12.2. The number of aryl methyl sites for hydroxylation is 1. The van der Waals surface area contributed by atoms with E-state index in [2.05, 4.69) is 5.32 Å². The molecular weight excluding hydrogens is 316 g/mol. The molecule has 6 nitrogen and oxygen atoms in total. The lowest BCUT2D eigenvalue weighted by Gasteiger charge is -2.24. The number of rotatable bonds is 7. The predicted molar refractivity (Wildman–Crippen MR) is 81.2 cm³/mol. The summed E-state index contributed by atoms with van der Waals surface area (Å²) in [5.41, 5.74) is -0.237. The van der Waals surface area contributed by atoms with Gasteiger partial charge >= 0.3 is 0 Å². The molecule has 0 aliphatic carbocycles. The van der Waals surface area contributed by atoms with Crippen LogP contribution < -0.4 is 5.32 Å². The molecule has 0 atom stereocenters. The SMILES string of the molecule is CCOC(C)(C)CNC(=O)c1cc(S(=O)(=O)Cl)cn1CC. The average molecular weight is 337 g/mol. The molecule has 1 amide bonds. The van der Waals surface area contributed by atoms with Crippen molar-refractivity contribution in [2.75, 3.05) is 13.2 Å². The molecule has 0 spiro atoms. The Hall–Kier alpha value is -1.05. The predicted octanol–water partition coefficient (Wildman–Crippen LogP) is 1.98. The normalized spacial score (nSPS) is 12.4. The van der Waals surface area contributed by atoms with E-state index in [0.29, 0.717) is 19.7 Å². The van der Waals surface area contributed by atoms with Crippen LogP contribution >= 0.6 is 10.7 Å². The fourth-order valence-electron chi connectivity index (χ4n) is 1.89. The number of aromatic nitrogens is 1. The second-order valence-electron chi connectivity index (χ2n) is 5.16. The summed E-state index contributed by atoms with van der Waals surface area (Å²) in [4.78, 5) is 12.1. The van der Waals surface area contributed by atoms with Crippen molar-refractivity contribution in [1.82, 2.24) is 9.88 Å². The molecule has 1 aromatic rings. The molecule has 1 heterocycles. The number of hydrogen-bond donors (Lipinski definition) is 1. The average Bonchev–Trinajstić information content (AvgIpc) is 2.80.